The number of hydrogen-bond donors (Lipinski definition) is 1. The maximum Gasteiger partial charge on any atom is 0.329 e. The normalized spacial score (nSPS) is 17.6. The molecular weight excluding hydrogens is 310 g/mol. The molecule has 0 spiro atoms. The van der Waals surface area contributed by atoms with E-state index in [-0.39, 0.29) is 5.91 Å². The van der Waals surface area contributed by atoms with Crippen LogP contribution in [0.25, 0.3) is 0 Å². The number of amides is 1. The summed E-state index contributed by atoms with van der Waals surface area (Å²) >= 11 is 1.33. The Balaban J connectivity index is 1.84. The van der Waals surface area contributed by atoms with Gasteiger partial charge in [-0.1, -0.05) is 60.7 Å². The number of ether oxygens (including phenoxy) is 1. The van der Waals surface area contributed by atoms with Crippen LogP contribution in [0.15, 0.2) is 60.7 Å². The average Bonchev–Trinajstić information content (AvgIpc) is 2.61. The first-order chi connectivity index (χ1) is 11.3. The third-order valence-corrected chi connectivity index (χ3v) is 4.76. The molecule has 118 valence electrons. The molecule has 0 aromatic heterocycles. The molecule has 0 saturated carbocycles. The van der Waals surface area contributed by atoms with Gasteiger partial charge in [0.1, 0.15) is 0 Å². The van der Waals surface area contributed by atoms with Crippen molar-refractivity contribution < 1.29 is 14.3 Å². The Morgan fingerprint density at radius 2 is 1.61 bits per heavy atom. The van der Waals surface area contributed by atoms with Gasteiger partial charge in [0.15, 0.2) is 11.4 Å². The van der Waals surface area contributed by atoms with E-state index in [2.05, 4.69) is 5.32 Å². The standard InChI is InChI=1S/C18H17NO3S/c20-17-16(23-12-11-19-17)18(21)22-15(13-7-3-1-4-8-13)14-9-5-2-6-10-14/h1-10,15-16H,11-12H2,(H,19,20). The van der Waals surface area contributed by atoms with Gasteiger partial charge in [0.05, 0.1) is 0 Å². The molecule has 1 N–H and O–H groups in total. The highest BCUT2D eigenvalue weighted by Gasteiger charge is 2.33. The molecule has 1 amide bonds. The lowest BCUT2D eigenvalue weighted by Gasteiger charge is -2.24. The first kappa shape index (κ1) is 15.6. The van der Waals surface area contributed by atoms with Crippen LogP contribution in [0.5, 0.6) is 0 Å². The van der Waals surface area contributed by atoms with E-state index < -0.39 is 17.3 Å². The molecular formula is C18H17NO3S. The molecule has 1 fully saturated rings. The van der Waals surface area contributed by atoms with Crippen LogP contribution in [0.3, 0.4) is 0 Å². The number of hydrogen-bond acceptors (Lipinski definition) is 4. The minimum Gasteiger partial charge on any atom is -0.451 e. The Morgan fingerprint density at radius 3 is 2.13 bits per heavy atom. The van der Waals surface area contributed by atoms with E-state index in [0.29, 0.717) is 12.3 Å². The molecule has 5 heteroatoms. The second-order valence-corrected chi connectivity index (χ2v) is 6.39. The van der Waals surface area contributed by atoms with E-state index in [1.54, 1.807) is 0 Å². The first-order valence-electron chi connectivity index (χ1n) is 7.45. The maximum absolute atomic E-state index is 12.5. The monoisotopic (exact) mass is 327 g/mol. The summed E-state index contributed by atoms with van der Waals surface area (Å²) in [4.78, 5) is 24.3. The molecule has 3 rings (SSSR count). The van der Waals surface area contributed by atoms with Gasteiger partial charge >= 0.3 is 5.97 Å². The maximum atomic E-state index is 12.5. The van der Waals surface area contributed by atoms with Gasteiger partial charge < -0.3 is 10.1 Å². The Bertz CT molecular complexity index is 636. The molecule has 1 atom stereocenters. The van der Waals surface area contributed by atoms with Crippen LogP contribution < -0.4 is 5.32 Å². The minimum atomic E-state index is -0.793. The fourth-order valence-corrected chi connectivity index (χ4v) is 3.34. The summed E-state index contributed by atoms with van der Waals surface area (Å²) in [6.45, 7) is 0.591. The molecule has 1 heterocycles. The molecule has 1 unspecified atom stereocenters. The van der Waals surface area contributed by atoms with Gasteiger partial charge in [0, 0.05) is 12.3 Å². The van der Waals surface area contributed by atoms with E-state index in [9.17, 15) is 9.59 Å². The van der Waals surface area contributed by atoms with E-state index >= 15 is 0 Å². The summed E-state index contributed by atoms with van der Waals surface area (Å²) in [7, 11) is 0. The van der Waals surface area contributed by atoms with E-state index in [4.69, 9.17) is 4.74 Å². The van der Waals surface area contributed by atoms with Crippen molar-refractivity contribution >= 4 is 23.6 Å². The highest BCUT2D eigenvalue weighted by molar-refractivity contribution is 8.01. The summed E-state index contributed by atoms with van der Waals surface area (Å²) in [5, 5.41) is 1.91. The highest BCUT2D eigenvalue weighted by atomic mass is 32.2. The van der Waals surface area contributed by atoms with Crippen LogP contribution >= 0.6 is 11.8 Å². The second kappa shape index (κ2) is 7.33. The van der Waals surface area contributed by atoms with Gasteiger partial charge in [-0.2, -0.15) is 0 Å². The van der Waals surface area contributed by atoms with Crippen LogP contribution in [-0.4, -0.2) is 29.4 Å². The van der Waals surface area contributed by atoms with E-state index in [1.165, 1.54) is 11.8 Å². The Hall–Kier alpha value is -2.27. The molecule has 1 aliphatic rings. The SMILES string of the molecule is O=C1NCCSC1C(=O)OC(c1ccccc1)c1ccccc1. The molecule has 2 aromatic carbocycles. The van der Waals surface area contributed by atoms with Gasteiger partial charge in [0.25, 0.3) is 0 Å². The number of carbonyl (C=O) groups excluding carboxylic acids is 2. The average molecular weight is 327 g/mol. The lowest BCUT2D eigenvalue weighted by atomic mass is 10.0. The fraction of sp³-hybridized carbons (Fsp3) is 0.222. The Kier molecular flexibility index (Phi) is 4.98. The topological polar surface area (TPSA) is 55.4 Å². The van der Waals surface area contributed by atoms with Gasteiger partial charge in [-0.15, -0.1) is 11.8 Å². The van der Waals surface area contributed by atoms with Crippen molar-refractivity contribution in [1.29, 1.82) is 0 Å². The summed E-state index contributed by atoms with van der Waals surface area (Å²) in [5.41, 5.74) is 1.77. The second-order valence-electron chi connectivity index (χ2n) is 5.18. The van der Waals surface area contributed by atoms with Gasteiger partial charge in [-0.3, -0.25) is 9.59 Å². The van der Waals surface area contributed by atoms with Crippen LogP contribution in [0.2, 0.25) is 0 Å². The quantitative estimate of drug-likeness (QED) is 0.693. The van der Waals surface area contributed by atoms with Crippen molar-refractivity contribution in [2.24, 2.45) is 0 Å². The predicted octanol–water partition coefficient (Wildman–Crippen LogP) is 2.55. The summed E-state index contributed by atoms with van der Waals surface area (Å²) in [6, 6.07) is 19.1. The van der Waals surface area contributed by atoms with Crippen LogP contribution in [0, 0.1) is 0 Å². The van der Waals surface area contributed by atoms with Crippen molar-refractivity contribution in [2.45, 2.75) is 11.4 Å². The number of thioether (sulfide) groups is 1. The number of nitrogens with one attached hydrogen (secondary N) is 1. The lowest BCUT2D eigenvalue weighted by Crippen LogP contribution is -2.44. The van der Waals surface area contributed by atoms with Gasteiger partial charge in [-0.05, 0) is 11.1 Å². The lowest BCUT2D eigenvalue weighted by molar-refractivity contribution is -0.149. The third kappa shape index (κ3) is 3.74. The highest BCUT2D eigenvalue weighted by Crippen LogP contribution is 2.28. The Labute approximate surface area is 139 Å². The largest absolute Gasteiger partial charge is 0.451 e. The van der Waals surface area contributed by atoms with Gasteiger partial charge in [0.2, 0.25) is 5.91 Å². The molecule has 4 nitrogen and oxygen atoms in total. The smallest absolute Gasteiger partial charge is 0.329 e. The molecule has 1 aliphatic heterocycles. The number of esters is 1. The van der Waals surface area contributed by atoms with Crippen LogP contribution in [-0.2, 0) is 14.3 Å². The first-order valence-corrected chi connectivity index (χ1v) is 8.50. The molecule has 2 aromatic rings. The molecule has 0 aliphatic carbocycles. The molecule has 0 radical (unpaired) electrons. The Morgan fingerprint density at radius 1 is 1.04 bits per heavy atom. The zero-order chi connectivity index (χ0) is 16.1. The zero-order valence-electron chi connectivity index (χ0n) is 12.5. The molecule has 0 bridgehead atoms. The van der Waals surface area contributed by atoms with Crippen molar-refractivity contribution in [2.75, 3.05) is 12.3 Å². The fourth-order valence-electron chi connectivity index (χ4n) is 2.46. The minimum absolute atomic E-state index is 0.272. The van der Waals surface area contributed by atoms with Crippen LogP contribution in [0.4, 0.5) is 0 Å². The summed E-state index contributed by atoms with van der Waals surface area (Å²) in [5.74, 6) is -0.0524. The summed E-state index contributed by atoms with van der Waals surface area (Å²) < 4.78 is 5.71. The third-order valence-electron chi connectivity index (χ3n) is 3.58. The zero-order valence-corrected chi connectivity index (χ0v) is 13.3. The number of benzene rings is 2. The van der Waals surface area contributed by atoms with Crippen molar-refractivity contribution in [3.63, 3.8) is 0 Å². The van der Waals surface area contributed by atoms with Crippen molar-refractivity contribution in [3.8, 4) is 0 Å². The molecule has 23 heavy (non-hydrogen) atoms. The van der Waals surface area contributed by atoms with Crippen molar-refractivity contribution in [1.82, 2.24) is 5.32 Å². The molecule has 1 saturated heterocycles. The number of rotatable bonds is 4. The summed E-state index contributed by atoms with van der Waals surface area (Å²) in [6.07, 6.45) is -0.514. The van der Waals surface area contributed by atoms with Crippen LogP contribution in [0.1, 0.15) is 17.2 Å². The van der Waals surface area contributed by atoms with Gasteiger partial charge in [-0.25, -0.2) is 0 Å². The predicted molar refractivity (Wildman–Crippen MR) is 90.1 cm³/mol. The van der Waals surface area contributed by atoms with E-state index in [0.717, 1.165) is 11.1 Å². The number of carbonyl (C=O) groups is 2. The van der Waals surface area contributed by atoms with Crippen molar-refractivity contribution in [3.05, 3.63) is 71.8 Å². The van der Waals surface area contributed by atoms with E-state index in [1.807, 2.05) is 60.7 Å².